The highest BCUT2D eigenvalue weighted by molar-refractivity contribution is 7.15. The molecule has 0 unspecified atom stereocenters. The Balaban J connectivity index is 2.16. The topological polar surface area (TPSA) is 43.3 Å². The summed E-state index contributed by atoms with van der Waals surface area (Å²) in [6.07, 6.45) is 1.71. The van der Waals surface area contributed by atoms with Gasteiger partial charge in [-0.3, -0.25) is 4.40 Å². The average Bonchev–Trinajstić information content (AvgIpc) is 2.88. The van der Waals surface area contributed by atoms with E-state index in [0.29, 0.717) is 12.2 Å². The van der Waals surface area contributed by atoms with Crippen molar-refractivity contribution in [1.29, 1.82) is 0 Å². The zero-order chi connectivity index (χ0) is 12.7. The first-order chi connectivity index (χ1) is 8.69. The van der Waals surface area contributed by atoms with Gasteiger partial charge in [0.25, 0.3) is 0 Å². The highest BCUT2D eigenvalue weighted by atomic mass is 32.1. The molecule has 0 saturated heterocycles. The van der Waals surface area contributed by atoms with Gasteiger partial charge in [-0.1, -0.05) is 0 Å². The fourth-order valence-corrected chi connectivity index (χ4v) is 2.69. The first-order valence-corrected chi connectivity index (χ1v) is 6.18. The summed E-state index contributed by atoms with van der Waals surface area (Å²) >= 11 is 1.44. The molecule has 18 heavy (non-hydrogen) atoms. The van der Waals surface area contributed by atoms with Crippen LogP contribution in [-0.4, -0.2) is 9.38 Å². The Labute approximate surface area is 106 Å². The first-order valence-electron chi connectivity index (χ1n) is 5.30. The predicted octanol–water partition coefficient (Wildman–Crippen LogP) is 2.80. The van der Waals surface area contributed by atoms with Crippen LogP contribution in [0.15, 0.2) is 29.8 Å². The van der Waals surface area contributed by atoms with Crippen LogP contribution in [0.1, 0.15) is 5.69 Å². The minimum absolute atomic E-state index is 0.287. The molecular weight excluding hydrogens is 256 g/mol. The van der Waals surface area contributed by atoms with Gasteiger partial charge < -0.3 is 5.73 Å². The maximum Gasteiger partial charge on any atom is 0.194 e. The molecule has 0 spiro atoms. The summed E-state index contributed by atoms with van der Waals surface area (Å²) in [4.78, 5) is 5.05. The summed E-state index contributed by atoms with van der Waals surface area (Å²) in [5, 5.41) is 1.91. The van der Waals surface area contributed by atoms with E-state index in [1.54, 1.807) is 6.20 Å². The van der Waals surface area contributed by atoms with Crippen molar-refractivity contribution >= 4 is 16.3 Å². The number of benzene rings is 1. The van der Waals surface area contributed by atoms with E-state index in [1.165, 1.54) is 23.5 Å². The molecule has 2 heterocycles. The number of imidazole rings is 1. The lowest BCUT2D eigenvalue weighted by molar-refractivity contribution is 0.585. The summed E-state index contributed by atoms with van der Waals surface area (Å²) in [5.41, 5.74) is 7.27. The van der Waals surface area contributed by atoms with Gasteiger partial charge in [-0.2, -0.15) is 0 Å². The molecule has 92 valence electrons. The van der Waals surface area contributed by atoms with Gasteiger partial charge in [0, 0.05) is 35.4 Å². The molecule has 0 radical (unpaired) electrons. The Morgan fingerprint density at radius 1 is 1.33 bits per heavy atom. The third-order valence-electron chi connectivity index (χ3n) is 2.70. The quantitative estimate of drug-likeness (QED) is 0.774. The second-order valence-corrected chi connectivity index (χ2v) is 4.67. The summed E-state index contributed by atoms with van der Waals surface area (Å²) in [5.74, 6) is -1.21. The maximum absolute atomic E-state index is 13.6. The molecule has 3 nitrogen and oxygen atoms in total. The van der Waals surface area contributed by atoms with Crippen molar-refractivity contribution < 1.29 is 8.78 Å². The lowest BCUT2D eigenvalue weighted by atomic mass is 10.1. The number of hydrogen-bond acceptors (Lipinski definition) is 3. The van der Waals surface area contributed by atoms with Crippen molar-refractivity contribution in [2.24, 2.45) is 5.73 Å². The lowest BCUT2D eigenvalue weighted by Gasteiger charge is -1.98. The minimum atomic E-state index is -0.616. The first kappa shape index (κ1) is 11.3. The fourth-order valence-electron chi connectivity index (χ4n) is 1.80. The van der Waals surface area contributed by atoms with Crippen LogP contribution in [0.3, 0.4) is 0 Å². The Morgan fingerprint density at radius 3 is 2.89 bits per heavy atom. The van der Waals surface area contributed by atoms with Crippen LogP contribution in [0.5, 0.6) is 0 Å². The van der Waals surface area contributed by atoms with Crippen molar-refractivity contribution in [1.82, 2.24) is 9.38 Å². The highest BCUT2D eigenvalue weighted by Gasteiger charge is 2.12. The van der Waals surface area contributed by atoms with E-state index < -0.39 is 11.6 Å². The fraction of sp³-hybridized carbons (Fsp3) is 0.0833. The second kappa shape index (κ2) is 4.15. The Morgan fingerprint density at radius 2 is 2.17 bits per heavy atom. The van der Waals surface area contributed by atoms with Crippen LogP contribution in [-0.2, 0) is 6.54 Å². The maximum atomic E-state index is 13.6. The van der Waals surface area contributed by atoms with E-state index in [2.05, 4.69) is 4.98 Å². The molecule has 0 aliphatic rings. The van der Waals surface area contributed by atoms with Gasteiger partial charge in [-0.25, -0.2) is 13.8 Å². The van der Waals surface area contributed by atoms with E-state index in [1.807, 2.05) is 9.78 Å². The van der Waals surface area contributed by atoms with E-state index in [4.69, 9.17) is 5.73 Å². The number of fused-ring (bicyclic) bond motifs is 1. The van der Waals surface area contributed by atoms with Gasteiger partial charge in [0.2, 0.25) is 0 Å². The molecule has 0 fully saturated rings. The number of hydrogen-bond donors (Lipinski definition) is 1. The van der Waals surface area contributed by atoms with Crippen LogP contribution in [0.2, 0.25) is 0 Å². The summed E-state index contributed by atoms with van der Waals surface area (Å²) in [7, 11) is 0. The normalized spacial score (nSPS) is 11.3. The molecular formula is C12H9F2N3S. The van der Waals surface area contributed by atoms with E-state index in [-0.39, 0.29) is 5.56 Å². The molecule has 0 bridgehead atoms. The molecule has 0 aliphatic carbocycles. The number of halogens is 2. The van der Waals surface area contributed by atoms with Gasteiger partial charge >= 0.3 is 0 Å². The van der Waals surface area contributed by atoms with E-state index in [0.717, 1.165) is 16.7 Å². The van der Waals surface area contributed by atoms with E-state index >= 15 is 0 Å². The third-order valence-corrected chi connectivity index (χ3v) is 3.59. The SMILES string of the molecule is NCc1csc2nc(-c3ccc(F)cc3F)cn12. The van der Waals surface area contributed by atoms with Crippen molar-refractivity contribution in [3.8, 4) is 11.3 Å². The molecule has 3 aromatic rings. The van der Waals surface area contributed by atoms with Crippen LogP contribution in [0.4, 0.5) is 8.78 Å². The standard InChI is InChI=1S/C12H9F2N3S/c13-7-1-2-9(10(14)3-7)11-5-17-8(4-15)6-18-12(17)16-11/h1-3,5-6H,4,15H2. The van der Waals surface area contributed by atoms with Gasteiger partial charge in [0.05, 0.1) is 5.69 Å². The molecule has 6 heteroatoms. The molecule has 3 rings (SSSR count). The minimum Gasteiger partial charge on any atom is -0.325 e. The number of aromatic nitrogens is 2. The number of nitrogens with zero attached hydrogens (tertiary/aromatic N) is 2. The number of nitrogens with two attached hydrogens (primary N) is 1. The van der Waals surface area contributed by atoms with Crippen LogP contribution in [0.25, 0.3) is 16.2 Å². The molecule has 1 aromatic carbocycles. The molecule has 2 N–H and O–H groups in total. The van der Waals surface area contributed by atoms with Gasteiger partial charge in [-0.15, -0.1) is 11.3 Å². The Kier molecular flexibility index (Phi) is 2.61. The molecule has 0 aliphatic heterocycles. The van der Waals surface area contributed by atoms with Crippen LogP contribution in [0, 0.1) is 11.6 Å². The Hall–Kier alpha value is -1.79. The summed E-state index contributed by atoms with van der Waals surface area (Å²) in [6, 6.07) is 3.46. The second-order valence-electron chi connectivity index (χ2n) is 3.83. The van der Waals surface area contributed by atoms with Crippen molar-refractivity contribution in [2.75, 3.05) is 0 Å². The van der Waals surface area contributed by atoms with Crippen molar-refractivity contribution in [3.63, 3.8) is 0 Å². The molecule has 2 aromatic heterocycles. The van der Waals surface area contributed by atoms with Gasteiger partial charge in [0.1, 0.15) is 11.6 Å². The number of thiazole rings is 1. The summed E-state index contributed by atoms with van der Waals surface area (Å²) < 4.78 is 28.3. The molecule has 0 amide bonds. The highest BCUT2D eigenvalue weighted by Crippen LogP contribution is 2.25. The van der Waals surface area contributed by atoms with Crippen LogP contribution >= 0.6 is 11.3 Å². The third kappa shape index (κ3) is 1.70. The largest absolute Gasteiger partial charge is 0.325 e. The number of rotatable bonds is 2. The lowest BCUT2D eigenvalue weighted by Crippen LogP contribution is -1.98. The molecule has 0 saturated carbocycles. The van der Waals surface area contributed by atoms with Gasteiger partial charge in [0.15, 0.2) is 4.96 Å². The smallest absolute Gasteiger partial charge is 0.194 e. The Bertz CT molecular complexity index is 717. The monoisotopic (exact) mass is 265 g/mol. The zero-order valence-electron chi connectivity index (χ0n) is 9.23. The zero-order valence-corrected chi connectivity index (χ0v) is 10.0. The average molecular weight is 265 g/mol. The molecule has 0 atom stereocenters. The van der Waals surface area contributed by atoms with Crippen molar-refractivity contribution in [2.45, 2.75) is 6.54 Å². The van der Waals surface area contributed by atoms with Gasteiger partial charge in [-0.05, 0) is 12.1 Å². The van der Waals surface area contributed by atoms with E-state index in [9.17, 15) is 8.78 Å². The van der Waals surface area contributed by atoms with Crippen molar-refractivity contribution in [3.05, 3.63) is 47.1 Å². The summed E-state index contributed by atoms with van der Waals surface area (Å²) in [6.45, 7) is 0.391. The predicted molar refractivity (Wildman–Crippen MR) is 66.3 cm³/mol. The van der Waals surface area contributed by atoms with Crippen LogP contribution < -0.4 is 5.73 Å².